The van der Waals surface area contributed by atoms with Crippen LogP contribution in [-0.4, -0.2) is 42.6 Å². The maximum atomic E-state index is 13.5. The number of terminal acetylenes is 1. The van der Waals surface area contributed by atoms with Gasteiger partial charge in [-0.25, -0.2) is 0 Å². The first-order valence-corrected chi connectivity index (χ1v) is 5.65. The molecular weight excluding hydrogens is 262 g/mol. The van der Waals surface area contributed by atoms with E-state index in [9.17, 15) is 17.6 Å². The first-order valence-electron chi connectivity index (χ1n) is 5.65. The van der Waals surface area contributed by atoms with E-state index < -0.39 is 29.2 Å². The summed E-state index contributed by atoms with van der Waals surface area (Å²) >= 11 is 0. The van der Waals surface area contributed by atoms with Gasteiger partial charge in [0.1, 0.15) is 5.69 Å². The van der Waals surface area contributed by atoms with E-state index in [0.717, 1.165) is 0 Å². The van der Waals surface area contributed by atoms with E-state index >= 15 is 0 Å². The van der Waals surface area contributed by atoms with Gasteiger partial charge < -0.3 is 4.90 Å². The Bertz CT molecular complexity index is 492. The maximum Gasteiger partial charge on any atom is 0.253 e. The Kier molecular flexibility index (Phi) is 3.90. The lowest BCUT2D eigenvalue weighted by Gasteiger charge is -2.35. The lowest BCUT2D eigenvalue weighted by molar-refractivity contribution is 0.284. The summed E-state index contributed by atoms with van der Waals surface area (Å²) in [5.41, 5.74) is -0.703. The van der Waals surface area contributed by atoms with E-state index in [4.69, 9.17) is 6.42 Å². The molecule has 2 heterocycles. The van der Waals surface area contributed by atoms with Gasteiger partial charge in [0.15, 0.2) is 0 Å². The molecule has 7 heteroatoms. The summed E-state index contributed by atoms with van der Waals surface area (Å²) in [5.74, 6) is -3.75. The van der Waals surface area contributed by atoms with Crippen molar-refractivity contribution in [2.45, 2.75) is 0 Å². The van der Waals surface area contributed by atoms with Crippen molar-refractivity contribution in [3.05, 3.63) is 23.5 Å². The third-order valence-electron chi connectivity index (χ3n) is 2.98. The predicted molar refractivity (Wildman–Crippen MR) is 61.6 cm³/mol. The number of nitrogens with zero attached hydrogens (tertiary/aromatic N) is 3. The van der Waals surface area contributed by atoms with Crippen LogP contribution in [0.2, 0.25) is 0 Å². The van der Waals surface area contributed by atoms with Crippen molar-refractivity contribution in [3.63, 3.8) is 0 Å². The van der Waals surface area contributed by atoms with Crippen LogP contribution in [0.25, 0.3) is 0 Å². The first-order chi connectivity index (χ1) is 9.04. The van der Waals surface area contributed by atoms with E-state index in [1.807, 2.05) is 4.90 Å². The normalized spacial score (nSPS) is 16.5. The molecule has 1 aromatic heterocycles. The van der Waals surface area contributed by atoms with Crippen LogP contribution in [0.4, 0.5) is 23.2 Å². The van der Waals surface area contributed by atoms with Crippen LogP contribution in [0.1, 0.15) is 0 Å². The number of pyridine rings is 1. The molecule has 0 atom stereocenters. The van der Waals surface area contributed by atoms with Crippen LogP contribution in [0.15, 0.2) is 0 Å². The smallest absolute Gasteiger partial charge is 0.253 e. The molecule has 1 aromatic rings. The highest BCUT2D eigenvalue weighted by molar-refractivity contribution is 5.49. The van der Waals surface area contributed by atoms with Gasteiger partial charge in [-0.1, -0.05) is 5.92 Å². The highest BCUT2D eigenvalue weighted by atomic mass is 19.2. The lowest BCUT2D eigenvalue weighted by atomic mass is 10.2. The average Bonchev–Trinajstić information content (AvgIpc) is 2.39. The van der Waals surface area contributed by atoms with Gasteiger partial charge >= 0.3 is 0 Å². The monoisotopic (exact) mass is 273 g/mol. The van der Waals surface area contributed by atoms with E-state index in [2.05, 4.69) is 10.9 Å². The second-order valence-corrected chi connectivity index (χ2v) is 4.14. The summed E-state index contributed by atoms with van der Waals surface area (Å²) < 4.78 is 53.1. The van der Waals surface area contributed by atoms with Crippen molar-refractivity contribution < 1.29 is 17.6 Å². The fourth-order valence-corrected chi connectivity index (χ4v) is 2.01. The molecule has 2 rings (SSSR count). The Labute approximate surface area is 107 Å². The molecule has 0 radical (unpaired) electrons. The molecule has 0 aromatic carbocycles. The Morgan fingerprint density at radius 2 is 1.53 bits per heavy atom. The molecule has 19 heavy (non-hydrogen) atoms. The lowest BCUT2D eigenvalue weighted by Crippen LogP contribution is -2.47. The van der Waals surface area contributed by atoms with Crippen molar-refractivity contribution in [3.8, 4) is 12.3 Å². The van der Waals surface area contributed by atoms with Crippen molar-refractivity contribution in [1.29, 1.82) is 0 Å². The first kappa shape index (κ1) is 13.6. The molecule has 0 spiro atoms. The van der Waals surface area contributed by atoms with Gasteiger partial charge in [-0.2, -0.15) is 22.5 Å². The molecule has 0 saturated carbocycles. The molecule has 0 bridgehead atoms. The second kappa shape index (κ2) is 5.45. The number of halogens is 4. The number of aromatic nitrogens is 1. The molecule has 0 N–H and O–H groups in total. The largest absolute Gasteiger partial charge is 0.364 e. The van der Waals surface area contributed by atoms with Gasteiger partial charge in [-0.15, -0.1) is 6.42 Å². The summed E-state index contributed by atoms with van der Waals surface area (Å²) in [6.07, 6.45) is 5.16. The number of hydrogen-bond donors (Lipinski definition) is 0. The number of hydrogen-bond acceptors (Lipinski definition) is 3. The van der Waals surface area contributed by atoms with Gasteiger partial charge in [-0.05, 0) is 0 Å². The summed E-state index contributed by atoms with van der Waals surface area (Å²) in [6.45, 7) is 1.83. The molecule has 0 unspecified atom stereocenters. The fourth-order valence-electron chi connectivity index (χ4n) is 2.01. The Morgan fingerprint density at radius 1 is 1.00 bits per heavy atom. The number of rotatable bonds is 2. The van der Waals surface area contributed by atoms with Crippen LogP contribution in [0.5, 0.6) is 0 Å². The Balaban J connectivity index is 2.23. The fraction of sp³-hybridized carbons (Fsp3) is 0.417. The minimum atomic E-state index is -1.64. The van der Waals surface area contributed by atoms with E-state index in [0.29, 0.717) is 19.6 Å². The van der Waals surface area contributed by atoms with Crippen LogP contribution in [0, 0.1) is 35.9 Å². The van der Waals surface area contributed by atoms with Crippen molar-refractivity contribution in [2.75, 3.05) is 37.6 Å². The highest BCUT2D eigenvalue weighted by Crippen LogP contribution is 2.26. The predicted octanol–water partition coefficient (Wildman–Crippen LogP) is 1.39. The quantitative estimate of drug-likeness (QED) is 0.461. The molecule has 1 aliphatic heterocycles. The molecule has 3 nitrogen and oxygen atoms in total. The van der Waals surface area contributed by atoms with Crippen LogP contribution in [0.3, 0.4) is 0 Å². The SMILES string of the molecule is C#CCN1CCN(c2c(F)c(F)nc(F)c2F)CC1. The molecule has 1 aliphatic rings. The zero-order valence-corrected chi connectivity index (χ0v) is 9.97. The Hall–Kier alpha value is -1.81. The third kappa shape index (κ3) is 2.63. The van der Waals surface area contributed by atoms with Gasteiger partial charge in [-0.3, -0.25) is 4.90 Å². The summed E-state index contributed by atoms with van der Waals surface area (Å²) in [6, 6.07) is 0. The van der Waals surface area contributed by atoms with E-state index in [1.54, 1.807) is 0 Å². The molecule has 1 saturated heterocycles. The van der Waals surface area contributed by atoms with Gasteiger partial charge in [0, 0.05) is 26.2 Å². The van der Waals surface area contributed by atoms with Crippen LogP contribution < -0.4 is 4.90 Å². The summed E-state index contributed by atoms with van der Waals surface area (Å²) in [4.78, 5) is 5.68. The van der Waals surface area contributed by atoms with Crippen LogP contribution in [-0.2, 0) is 0 Å². The van der Waals surface area contributed by atoms with E-state index in [1.165, 1.54) is 4.90 Å². The average molecular weight is 273 g/mol. The van der Waals surface area contributed by atoms with Gasteiger partial charge in [0.2, 0.25) is 11.6 Å². The topological polar surface area (TPSA) is 19.4 Å². The molecule has 1 fully saturated rings. The minimum absolute atomic E-state index is 0.235. The Morgan fingerprint density at radius 3 is 2.00 bits per heavy atom. The van der Waals surface area contributed by atoms with Gasteiger partial charge in [0.25, 0.3) is 11.9 Å². The molecule has 0 aliphatic carbocycles. The number of anilines is 1. The maximum absolute atomic E-state index is 13.5. The summed E-state index contributed by atoms with van der Waals surface area (Å²) in [5, 5.41) is 0. The molecule has 0 amide bonds. The molecular formula is C12H11F4N3. The standard InChI is InChI=1S/C12H11F4N3/c1-2-3-18-4-6-19(7-5-18)10-8(13)11(15)17-12(16)9(10)14/h1H,3-7H2. The van der Waals surface area contributed by atoms with E-state index in [-0.39, 0.29) is 13.1 Å². The number of piperazine rings is 1. The zero-order valence-electron chi connectivity index (χ0n) is 9.97. The highest BCUT2D eigenvalue weighted by Gasteiger charge is 2.27. The third-order valence-corrected chi connectivity index (χ3v) is 2.98. The summed E-state index contributed by atoms with van der Waals surface area (Å²) in [7, 11) is 0. The van der Waals surface area contributed by atoms with Crippen molar-refractivity contribution in [2.24, 2.45) is 0 Å². The zero-order chi connectivity index (χ0) is 14.0. The van der Waals surface area contributed by atoms with Crippen LogP contribution >= 0.6 is 0 Å². The second-order valence-electron chi connectivity index (χ2n) is 4.14. The van der Waals surface area contributed by atoms with Crippen molar-refractivity contribution in [1.82, 2.24) is 9.88 Å². The minimum Gasteiger partial charge on any atom is -0.364 e. The van der Waals surface area contributed by atoms with Gasteiger partial charge in [0.05, 0.1) is 6.54 Å². The molecule has 102 valence electrons. The van der Waals surface area contributed by atoms with Crippen molar-refractivity contribution >= 4 is 5.69 Å².